The molecule has 0 spiro atoms. The fourth-order valence-electron chi connectivity index (χ4n) is 7.50. The number of rotatable bonds is 2. The van der Waals surface area contributed by atoms with Crippen LogP contribution in [-0.2, 0) is 9.59 Å². The molecule has 0 amide bonds. The van der Waals surface area contributed by atoms with Crippen LogP contribution in [0.15, 0.2) is 16.8 Å². The molecular formula is C21H29N3O2. The minimum Gasteiger partial charge on any atom is -0.300 e. The fraction of sp³-hybridized carbons (Fsp3) is 0.810. The van der Waals surface area contributed by atoms with E-state index >= 15 is 0 Å². The van der Waals surface area contributed by atoms with Crippen LogP contribution in [0.2, 0.25) is 0 Å². The first-order valence-electron chi connectivity index (χ1n) is 10.1. The summed E-state index contributed by atoms with van der Waals surface area (Å²) in [6.07, 6.45) is 9.01. The highest BCUT2D eigenvalue weighted by atomic mass is 16.1. The van der Waals surface area contributed by atoms with Crippen molar-refractivity contribution in [2.45, 2.75) is 77.7 Å². The van der Waals surface area contributed by atoms with E-state index in [-0.39, 0.29) is 28.3 Å². The first-order valence-corrected chi connectivity index (χ1v) is 10.1. The zero-order valence-electron chi connectivity index (χ0n) is 16.1. The predicted octanol–water partition coefficient (Wildman–Crippen LogP) is 5.16. The predicted molar refractivity (Wildman–Crippen MR) is 99.3 cm³/mol. The number of nitrogens with zero attached hydrogens (tertiary/aromatic N) is 3. The van der Waals surface area contributed by atoms with Gasteiger partial charge in [0.2, 0.25) is 0 Å². The summed E-state index contributed by atoms with van der Waals surface area (Å²) in [6.45, 7) is 6.23. The Morgan fingerprint density at radius 2 is 1.92 bits per heavy atom. The van der Waals surface area contributed by atoms with Crippen molar-refractivity contribution in [2.75, 3.05) is 0 Å². The molecule has 5 heteroatoms. The van der Waals surface area contributed by atoms with Gasteiger partial charge in [-0.15, -0.1) is 0 Å². The molecule has 140 valence electrons. The molecular weight excluding hydrogens is 326 g/mol. The Bertz CT molecular complexity index is 752. The average Bonchev–Trinajstić information content (AvgIpc) is 2.89. The fourth-order valence-corrected chi connectivity index (χ4v) is 7.50. The van der Waals surface area contributed by atoms with Crippen LogP contribution < -0.4 is 0 Å². The van der Waals surface area contributed by atoms with Crippen molar-refractivity contribution in [1.29, 1.82) is 0 Å². The van der Waals surface area contributed by atoms with Gasteiger partial charge in [-0.05, 0) is 86.1 Å². The summed E-state index contributed by atoms with van der Waals surface area (Å²) in [6, 6.07) is 0. The molecule has 0 aromatic rings. The lowest BCUT2D eigenvalue weighted by molar-refractivity contribution is -0.130. The van der Waals surface area contributed by atoms with Gasteiger partial charge in [0.25, 0.3) is 0 Å². The molecule has 0 N–H and O–H groups in total. The largest absolute Gasteiger partial charge is 0.300 e. The summed E-state index contributed by atoms with van der Waals surface area (Å²) >= 11 is 0. The molecule has 0 aliphatic heterocycles. The van der Waals surface area contributed by atoms with Crippen LogP contribution in [0.25, 0.3) is 10.4 Å². The molecule has 0 heterocycles. The van der Waals surface area contributed by atoms with Gasteiger partial charge in [-0.2, -0.15) is 0 Å². The van der Waals surface area contributed by atoms with Crippen molar-refractivity contribution in [3.05, 3.63) is 22.1 Å². The minimum atomic E-state index is -0.447. The van der Waals surface area contributed by atoms with Crippen molar-refractivity contribution in [2.24, 2.45) is 33.7 Å². The molecule has 5 nitrogen and oxygen atoms in total. The molecule has 3 saturated carbocycles. The van der Waals surface area contributed by atoms with E-state index in [2.05, 4.69) is 23.9 Å². The van der Waals surface area contributed by atoms with E-state index in [1.807, 2.05) is 6.08 Å². The van der Waals surface area contributed by atoms with Gasteiger partial charge >= 0.3 is 0 Å². The first kappa shape index (κ1) is 17.8. The van der Waals surface area contributed by atoms with Gasteiger partial charge in [-0.1, -0.05) is 24.5 Å². The molecule has 4 rings (SSSR count). The Labute approximate surface area is 155 Å². The molecule has 0 saturated heterocycles. The van der Waals surface area contributed by atoms with Crippen molar-refractivity contribution < 1.29 is 9.59 Å². The Hall–Kier alpha value is -1.61. The molecule has 6 atom stereocenters. The van der Waals surface area contributed by atoms with Gasteiger partial charge in [0.05, 0.1) is 5.54 Å². The van der Waals surface area contributed by atoms with Crippen LogP contribution >= 0.6 is 0 Å². The Kier molecular flexibility index (Phi) is 3.89. The highest BCUT2D eigenvalue weighted by molar-refractivity contribution is 5.91. The van der Waals surface area contributed by atoms with Crippen LogP contribution in [-0.4, -0.2) is 17.1 Å². The van der Waals surface area contributed by atoms with E-state index < -0.39 is 5.54 Å². The number of carbonyl (C=O) groups is 2. The summed E-state index contributed by atoms with van der Waals surface area (Å²) in [4.78, 5) is 27.6. The number of hydrogen-bond acceptors (Lipinski definition) is 3. The van der Waals surface area contributed by atoms with E-state index in [1.54, 1.807) is 6.92 Å². The Morgan fingerprint density at radius 3 is 2.62 bits per heavy atom. The van der Waals surface area contributed by atoms with Gasteiger partial charge in [0.1, 0.15) is 5.78 Å². The van der Waals surface area contributed by atoms with Gasteiger partial charge in [0, 0.05) is 17.3 Å². The van der Waals surface area contributed by atoms with E-state index in [4.69, 9.17) is 0 Å². The number of azide groups is 1. The second-order valence-electron chi connectivity index (χ2n) is 9.58. The molecule has 4 aliphatic carbocycles. The minimum absolute atomic E-state index is 0.00614. The summed E-state index contributed by atoms with van der Waals surface area (Å²) in [7, 11) is 0. The monoisotopic (exact) mass is 355 g/mol. The van der Waals surface area contributed by atoms with Crippen LogP contribution in [0, 0.1) is 28.6 Å². The van der Waals surface area contributed by atoms with E-state index in [0.29, 0.717) is 18.3 Å². The normalized spacial score (nSPS) is 47.1. The quantitative estimate of drug-likeness (QED) is 0.389. The summed E-state index contributed by atoms with van der Waals surface area (Å²) in [5.41, 5.74) is 10.1. The van der Waals surface area contributed by atoms with E-state index in [1.165, 1.54) is 5.57 Å². The highest BCUT2D eigenvalue weighted by Gasteiger charge is 2.67. The second-order valence-corrected chi connectivity index (χ2v) is 9.58. The third-order valence-corrected chi connectivity index (χ3v) is 8.86. The molecule has 26 heavy (non-hydrogen) atoms. The molecule has 4 aliphatic rings. The lowest BCUT2D eigenvalue weighted by Gasteiger charge is -2.61. The van der Waals surface area contributed by atoms with Crippen LogP contribution in [0.1, 0.15) is 72.1 Å². The molecule has 3 fully saturated rings. The lowest BCUT2D eigenvalue weighted by atomic mass is 9.44. The van der Waals surface area contributed by atoms with Gasteiger partial charge in [-0.25, -0.2) is 0 Å². The smallest absolute Gasteiger partial charge is 0.155 e. The zero-order valence-corrected chi connectivity index (χ0v) is 16.1. The van der Waals surface area contributed by atoms with Gasteiger partial charge in [-0.3, -0.25) is 9.59 Å². The molecule has 0 unspecified atom stereocenters. The number of ketones is 2. The topological polar surface area (TPSA) is 82.9 Å². The van der Waals surface area contributed by atoms with Crippen LogP contribution in [0.5, 0.6) is 0 Å². The summed E-state index contributed by atoms with van der Waals surface area (Å²) in [5, 5.41) is 4.49. The third kappa shape index (κ3) is 2.07. The first-order chi connectivity index (χ1) is 12.3. The number of hydrogen-bond donors (Lipinski definition) is 0. The van der Waals surface area contributed by atoms with Crippen molar-refractivity contribution >= 4 is 11.6 Å². The number of carbonyl (C=O) groups excluding carboxylic acids is 2. The highest BCUT2D eigenvalue weighted by Crippen LogP contribution is 2.69. The Morgan fingerprint density at radius 1 is 1.15 bits per heavy atom. The summed E-state index contributed by atoms with van der Waals surface area (Å²) in [5.74, 6) is 1.27. The average molecular weight is 355 g/mol. The van der Waals surface area contributed by atoms with Gasteiger partial charge < -0.3 is 0 Å². The standard InChI is InChI=1S/C21H29N3O2/c1-13(25)16-8-11-21(23-24-22)18-5-4-14-12-15(26)6-9-19(14,2)17(18)7-10-20(16,21)3/h12,16-18H,4-11H2,1-3H3/t16-,17+,18-,19+,20-,21-/m1/s1. The molecule has 0 radical (unpaired) electrons. The van der Waals surface area contributed by atoms with E-state index in [0.717, 1.165) is 44.9 Å². The maximum Gasteiger partial charge on any atom is 0.155 e. The van der Waals surface area contributed by atoms with Crippen molar-refractivity contribution in [3.8, 4) is 0 Å². The lowest BCUT2D eigenvalue weighted by Crippen LogP contribution is -2.60. The van der Waals surface area contributed by atoms with Crippen molar-refractivity contribution in [1.82, 2.24) is 0 Å². The molecule has 0 bridgehead atoms. The number of allylic oxidation sites excluding steroid dienone is 1. The van der Waals surface area contributed by atoms with E-state index in [9.17, 15) is 15.1 Å². The van der Waals surface area contributed by atoms with Crippen molar-refractivity contribution in [3.63, 3.8) is 0 Å². The van der Waals surface area contributed by atoms with Gasteiger partial charge in [0.15, 0.2) is 5.78 Å². The molecule has 0 aromatic carbocycles. The van der Waals surface area contributed by atoms with Crippen LogP contribution in [0.3, 0.4) is 0 Å². The maximum absolute atomic E-state index is 12.4. The third-order valence-electron chi connectivity index (χ3n) is 8.86. The second kappa shape index (κ2) is 5.69. The number of Topliss-reactive ketones (excluding diaryl/α,β-unsaturated/α-hetero) is 1. The Balaban J connectivity index is 1.81. The molecule has 0 aromatic heterocycles. The summed E-state index contributed by atoms with van der Waals surface area (Å²) < 4.78 is 0. The SMILES string of the molecule is CC(=O)[C@H]1CC[C@@]2(N=[N+]=[N-])[C@@H]3CCC4=CC(=O)CC[C@]4(C)[C@H]3CC[C@]12C. The van der Waals surface area contributed by atoms with Crippen LogP contribution in [0.4, 0.5) is 0 Å². The zero-order chi connectivity index (χ0) is 18.7. The number of fused-ring (bicyclic) bond motifs is 5. The maximum atomic E-state index is 12.4.